The van der Waals surface area contributed by atoms with Crippen molar-refractivity contribution in [3.63, 3.8) is 0 Å². The first kappa shape index (κ1) is 15.0. The minimum Gasteiger partial charge on any atom is -0.324 e. The average Bonchev–Trinajstić information content (AvgIpc) is 2.79. The summed E-state index contributed by atoms with van der Waals surface area (Å²) in [6.07, 6.45) is 0. The molecule has 0 fully saturated rings. The minimum atomic E-state index is -0.231. The van der Waals surface area contributed by atoms with E-state index in [4.69, 9.17) is 0 Å². The number of benzene rings is 3. The van der Waals surface area contributed by atoms with Crippen LogP contribution in [-0.4, -0.2) is 5.91 Å². The highest BCUT2D eigenvalue weighted by molar-refractivity contribution is 7.99. The van der Waals surface area contributed by atoms with Gasteiger partial charge in [0, 0.05) is 4.90 Å². The summed E-state index contributed by atoms with van der Waals surface area (Å²) in [5.74, 6) is -0.182. The van der Waals surface area contributed by atoms with Gasteiger partial charge in [0.15, 0.2) is 0 Å². The van der Waals surface area contributed by atoms with E-state index in [0.717, 1.165) is 16.1 Å². The van der Waals surface area contributed by atoms with Crippen LogP contribution in [0.15, 0.2) is 89.8 Å². The molecule has 0 spiro atoms. The molecule has 0 radical (unpaired) electrons. The molecule has 2 atom stereocenters. The highest BCUT2D eigenvalue weighted by Gasteiger charge is 2.35. The van der Waals surface area contributed by atoms with E-state index < -0.39 is 0 Å². The Kier molecular flexibility index (Phi) is 4.09. The van der Waals surface area contributed by atoms with Gasteiger partial charge in [-0.05, 0) is 23.3 Å². The van der Waals surface area contributed by atoms with Gasteiger partial charge < -0.3 is 5.32 Å². The Morgan fingerprint density at radius 3 is 2.00 bits per heavy atom. The van der Waals surface area contributed by atoms with E-state index in [1.807, 2.05) is 66.7 Å². The molecule has 0 saturated heterocycles. The standard InChI is InChI=1S/C21H17NOS/c23-21-19(15-9-3-1-4-10-15)20(16-11-5-2-6-12-16)24-18-14-8-7-13-17(18)22-21/h1-14,19-20H,(H,22,23)/t19-,20-/m0/s1. The lowest BCUT2D eigenvalue weighted by molar-refractivity contribution is -0.117. The highest BCUT2D eigenvalue weighted by Crippen LogP contribution is 2.49. The van der Waals surface area contributed by atoms with Gasteiger partial charge >= 0.3 is 0 Å². The normalized spacial score (nSPS) is 19.9. The topological polar surface area (TPSA) is 29.1 Å². The van der Waals surface area contributed by atoms with Crippen LogP contribution in [0.2, 0.25) is 0 Å². The van der Waals surface area contributed by atoms with Crippen molar-refractivity contribution in [2.75, 3.05) is 5.32 Å². The number of anilines is 1. The van der Waals surface area contributed by atoms with Gasteiger partial charge in [-0.15, -0.1) is 11.8 Å². The molecule has 0 saturated carbocycles. The number of carbonyl (C=O) groups excluding carboxylic acids is 1. The van der Waals surface area contributed by atoms with E-state index in [-0.39, 0.29) is 17.1 Å². The number of amides is 1. The molecule has 1 amide bonds. The van der Waals surface area contributed by atoms with E-state index in [0.29, 0.717) is 0 Å². The van der Waals surface area contributed by atoms with Crippen LogP contribution < -0.4 is 5.32 Å². The largest absolute Gasteiger partial charge is 0.324 e. The molecule has 3 aromatic rings. The third-order valence-corrected chi connectivity index (χ3v) is 5.68. The lowest BCUT2D eigenvalue weighted by Crippen LogP contribution is -2.23. The number of hydrogen-bond donors (Lipinski definition) is 1. The summed E-state index contributed by atoms with van der Waals surface area (Å²) in [5, 5.41) is 3.15. The maximum atomic E-state index is 13.0. The van der Waals surface area contributed by atoms with Gasteiger partial charge in [-0.3, -0.25) is 4.79 Å². The number of nitrogens with one attached hydrogen (secondary N) is 1. The molecular formula is C21H17NOS. The molecule has 1 aliphatic rings. The summed E-state index contributed by atoms with van der Waals surface area (Å²) in [6, 6.07) is 28.4. The second-order valence-electron chi connectivity index (χ2n) is 5.82. The van der Waals surface area contributed by atoms with Crippen molar-refractivity contribution in [1.82, 2.24) is 0 Å². The van der Waals surface area contributed by atoms with E-state index >= 15 is 0 Å². The van der Waals surface area contributed by atoms with Crippen molar-refractivity contribution in [3.05, 3.63) is 96.1 Å². The Labute approximate surface area is 145 Å². The Morgan fingerprint density at radius 2 is 1.29 bits per heavy atom. The summed E-state index contributed by atoms with van der Waals surface area (Å²) in [4.78, 5) is 14.1. The fraction of sp³-hybridized carbons (Fsp3) is 0.0952. The number of para-hydroxylation sites is 1. The first-order chi connectivity index (χ1) is 11.8. The van der Waals surface area contributed by atoms with Crippen molar-refractivity contribution in [2.24, 2.45) is 0 Å². The minimum absolute atomic E-state index is 0.0391. The number of fused-ring (bicyclic) bond motifs is 1. The summed E-state index contributed by atoms with van der Waals surface area (Å²) in [7, 11) is 0. The maximum Gasteiger partial charge on any atom is 0.233 e. The third kappa shape index (κ3) is 2.83. The smallest absolute Gasteiger partial charge is 0.233 e. The fourth-order valence-corrected chi connectivity index (χ4v) is 4.50. The summed E-state index contributed by atoms with van der Waals surface area (Å²) >= 11 is 1.75. The molecule has 0 aromatic heterocycles. The monoisotopic (exact) mass is 331 g/mol. The van der Waals surface area contributed by atoms with Gasteiger partial charge in [0.1, 0.15) is 0 Å². The van der Waals surface area contributed by atoms with Gasteiger partial charge in [0.25, 0.3) is 0 Å². The molecule has 1 aliphatic heterocycles. The highest BCUT2D eigenvalue weighted by atomic mass is 32.2. The molecule has 1 N–H and O–H groups in total. The van der Waals surface area contributed by atoms with E-state index in [2.05, 4.69) is 23.5 Å². The molecule has 2 nitrogen and oxygen atoms in total. The van der Waals surface area contributed by atoms with E-state index in [9.17, 15) is 4.79 Å². The summed E-state index contributed by atoms with van der Waals surface area (Å²) < 4.78 is 0. The summed E-state index contributed by atoms with van der Waals surface area (Å²) in [5.41, 5.74) is 3.11. The second kappa shape index (κ2) is 6.54. The van der Waals surface area contributed by atoms with Gasteiger partial charge in [0.2, 0.25) is 5.91 Å². The van der Waals surface area contributed by atoms with Gasteiger partial charge in [-0.1, -0.05) is 72.8 Å². The zero-order chi connectivity index (χ0) is 16.4. The van der Waals surface area contributed by atoms with Crippen LogP contribution in [0.3, 0.4) is 0 Å². The van der Waals surface area contributed by atoms with Crippen LogP contribution in [-0.2, 0) is 4.79 Å². The van der Waals surface area contributed by atoms with Crippen LogP contribution in [0.4, 0.5) is 5.69 Å². The lowest BCUT2D eigenvalue weighted by Gasteiger charge is -2.24. The molecule has 1 heterocycles. The van der Waals surface area contributed by atoms with Crippen LogP contribution in [0, 0.1) is 0 Å². The van der Waals surface area contributed by atoms with Crippen LogP contribution in [0.5, 0.6) is 0 Å². The first-order valence-electron chi connectivity index (χ1n) is 7.99. The molecule has 3 aromatic carbocycles. The Hall–Kier alpha value is -2.52. The van der Waals surface area contributed by atoms with Crippen molar-refractivity contribution in [2.45, 2.75) is 16.1 Å². The Balaban J connectivity index is 1.85. The molecule has 0 unspecified atom stereocenters. The molecule has 4 rings (SSSR count). The van der Waals surface area contributed by atoms with Gasteiger partial charge in [-0.2, -0.15) is 0 Å². The Morgan fingerprint density at radius 1 is 0.708 bits per heavy atom. The molecule has 3 heteroatoms. The van der Waals surface area contributed by atoms with Gasteiger partial charge in [0.05, 0.1) is 16.9 Å². The molecular weight excluding hydrogens is 314 g/mol. The number of carbonyl (C=O) groups is 1. The predicted molar refractivity (Wildman–Crippen MR) is 99.3 cm³/mol. The molecule has 0 aliphatic carbocycles. The first-order valence-corrected chi connectivity index (χ1v) is 8.87. The van der Waals surface area contributed by atoms with Crippen LogP contribution >= 0.6 is 11.8 Å². The van der Waals surface area contributed by atoms with E-state index in [1.54, 1.807) is 11.8 Å². The quantitative estimate of drug-likeness (QED) is 0.694. The zero-order valence-electron chi connectivity index (χ0n) is 13.1. The van der Waals surface area contributed by atoms with Crippen molar-refractivity contribution in [3.8, 4) is 0 Å². The second-order valence-corrected chi connectivity index (χ2v) is 7.01. The molecule has 24 heavy (non-hydrogen) atoms. The summed E-state index contributed by atoms with van der Waals surface area (Å²) in [6.45, 7) is 0. The maximum absolute atomic E-state index is 13.0. The van der Waals surface area contributed by atoms with Crippen molar-refractivity contribution < 1.29 is 4.79 Å². The van der Waals surface area contributed by atoms with E-state index in [1.165, 1.54) is 5.56 Å². The van der Waals surface area contributed by atoms with Crippen LogP contribution in [0.1, 0.15) is 22.3 Å². The third-order valence-electron chi connectivity index (χ3n) is 4.27. The average molecular weight is 331 g/mol. The van der Waals surface area contributed by atoms with Crippen molar-refractivity contribution >= 4 is 23.4 Å². The fourth-order valence-electron chi connectivity index (χ4n) is 3.12. The number of thioether (sulfide) groups is 1. The zero-order valence-corrected chi connectivity index (χ0v) is 13.9. The predicted octanol–water partition coefficient (Wildman–Crippen LogP) is 5.26. The van der Waals surface area contributed by atoms with Gasteiger partial charge in [-0.25, -0.2) is 0 Å². The SMILES string of the molecule is O=C1Nc2ccccc2S[C@@H](c2ccccc2)[C@@H]1c1ccccc1. The Bertz CT molecular complexity index is 848. The van der Waals surface area contributed by atoms with Crippen molar-refractivity contribution in [1.29, 1.82) is 0 Å². The molecule has 0 bridgehead atoms. The lowest BCUT2D eigenvalue weighted by atomic mass is 9.90. The molecule has 118 valence electrons. The van der Waals surface area contributed by atoms with Crippen LogP contribution in [0.25, 0.3) is 0 Å². The number of rotatable bonds is 2. The number of hydrogen-bond acceptors (Lipinski definition) is 2.